The monoisotopic (exact) mass is 409 g/mol. The molecule has 0 bridgehead atoms. The Kier molecular flexibility index (Phi) is 5.88. The summed E-state index contributed by atoms with van der Waals surface area (Å²) in [4.78, 5) is 12.2. The molecule has 28 heavy (non-hydrogen) atoms. The van der Waals surface area contributed by atoms with Crippen molar-refractivity contribution in [2.45, 2.75) is 17.4 Å². The Morgan fingerprint density at radius 1 is 1.11 bits per heavy atom. The van der Waals surface area contributed by atoms with Gasteiger partial charge in [0, 0.05) is 5.56 Å². The molecule has 0 saturated carbocycles. The molecule has 0 fully saturated rings. The third-order valence-electron chi connectivity index (χ3n) is 3.68. The number of anilines is 1. The highest BCUT2D eigenvalue weighted by molar-refractivity contribution is 8.00. The predicted molar refractivity (Wildman–Crippen MR) is 96.6 cm³/mol. The van der Waals surface area contributed by atoms with Crippen molar-refractivity contribution in [1.29, 1.82) is 0 Å². The van der Waals surface area contributed by atoms with Crippen molar-refractivity contribution < 1.29 is 27.1 Å². The highest BCUT2D eigenvalue weighted by atomic mass is 32.2. The van der Waals surface area contributed by atoms with Gasteiger partial charge in [-0.1, -0.05) is 11.8 Å². The molecule has 1 heterocycles. The van der Waals surface area contributed by atoms with Crippen molar-refractivity contribution >= 4 is 23.4 Å². The van der Waals surface area contributed by atoms with Gasteiger partial charge < -0.3 is 14.5 Å². The normalized spacial score (nSPS) is 11.9. The Bertz CT molecular complexity index is 995. The van der Waals surface area contributed by atoms with Gasteiger partial charge in [0.15, 0.2) is 17.5 Å². The van der Waals surface area contributed by atoms with Crippen LogP contribution < -0.4 is 10.1 Å². The maximum Gasteiger partial charge on any atom is 0.277 e. The van der Waals surface area contributed by atoms with Crippen molar-refractivity contribution in [1.82, 2.24) is 10.2 Å². The lowest BCUT2D eigenvalue weighted by Gasteiger charge is -2.11. The van der Waals surface area contributed by atoms with Gasteiger partial charge in [0.05, 0.1) is 18.0 Å². The van der Waals surface area contributed by atoms with E-state index in [9.17, 15) is 18.0 Å². The van der Waals surface area contributed by atoms with Gasteiger partial charge in [-0.05, 0) is 43.3 Å². The molecule has 146 valence electrons. The van der Waals surface area contributed by atoms with Crippen LogP contribution in [-0.4, -0.2) is 28.5 Å². The number of amides is 1. The van der Waals surface area contributed by atoms with Gasteiger partial charge in [0.25, 0.3) is 5.22 Å². The third-order valence-corrected chi connectivity index (χ3v) is 4.62. The van der Waals surface area contributed by atoms with Crippen LogP contribution in [0.25, 0.3) is 11.5 Å². The van der Waals surface area contributed by atoms with Gasteiger partial charge in [-0.2, -0.15) is 0 Å². The Morgan fingerprint density at radius 3 is 2.50 bits per heavy atom. The SMILES string of the molecule is COc1ccc(-c2nnc(SC(C)C(=O)Nc3ccc(F)c(F)c3F)o2)cc1. The number of benzene rings is 2. The van der Waals surface area contributed by atoms with Gasteiger partial charge >= 0.3 is 0 Å². The quantitative estimate of drug-likeness (QED) is 0.484. The number of nitrogens with one attached hydrogen (secondary N) is 1. The van der Waals surface area contributed by atoms with Crippen LogP contribution in [-0.2, 0) is 4.79 Å². The second-order valence-electron chi connectivity index (χ2n) is 5.57. The first-order valence-electron chi connectivity index (χ1n) is 7.98. The molecule has 10 heteroatoms. The maximum atomic E-state index is 13.7. The fraction of sp³-hybridized carbons (Fsp3) is 0.167. The van der Waals surface area contributed by atoms with Crippen LogP contribution in [0.3, 0.4) is 0 Å². The lowest BCUT2D eigenvalue weighted by atomic mass is 10.2. The highest BCUT2D eigenvalue weighted by Crippen LogP contribution is 2.28. The number of carbonyl (C=O) groups is 1. The first-order chi connectivity index (χ1) is 13.4. The molecule has 3 rings (SSSR count). The van der Waals surface area contributed by atoms with Crippen LogP contribution in [0.15, 0.2) is 46.0 Å². The van der Waals surface area contributed by atoms with Crippen LogP contribution in [0.1, 0.15) is 6.92 Å². The van der Waals surface area contributed by atoms with Crippen molar-refractivity contribution in [3.05, 3.63) is 53.8 Å². The van der Waals surface area contributed by atoms with E-state index in [2.05, 4.69) is 15.5 Å². The average molecular weight is 409 g/mol. The average Bonchev–Trinajstić information content (AvgIpc) is 3.16. The summed E-state index contributed by atoms with van der Waals surface area (Å²) in [5.74, 6) is -4.17. The molecule has 2 aromatic carbocycles. The number of thioether (sulfide) groups is 1. The zero-order chi connectivity index (χ0) is 20.3. The maximum absolute atomic E-state index is 13.7. The number of ether oxygens (including phenoxy) is 1. The van der Waals surface area contributed by atoms with E-state index in [0.717, 1.165) is 23.9 Å². The first-order valence-corrected chi connectivity index (χ1v) is 8.86. The number of carbonyl (C=O) groups excluding carboxylic acids is 1. The summed E-state index contributed by atoms with van der Waals surface area (Å²) in [5.41, 5.74) is 0.210. The lowest BCUT2D eigenvalue weighted by molar-refractivity contribution is -0.115. The number of nitrogens with zero attached hydrogens (tertiary/aromatic N) is 2. The van der Waals surface area contributed by atoms with Crippen LogP contribution in [0.5, 0.6) is 5.75 Å². The molecule has 1 unspecified atom stereocenters. The first kappa shape index (κ1) is 19.7. The number of rotatable bonds is 6. The molecule has 6 nitrogen and oxygen atoms in total. The van der Waals surface area contributed by atoms with Crippen molar-refractivity contribution in [2.75, 3.05) is 12.4 Å². The Morgan fingerprint density at radius 2 is 1.82 bits per heavy atom. The number of hydrogen-bond acceptors (Lipinski definition) is 6. The standard InChI is InChI=1S/C18H14F3N3O3S/c1-9(16(25)22-13-8-7-12(19)14(20)15(13)21)28-18-24-23-17(27-18)10-3-5-11(26-2)6-4-10/h3-9H,1-2H3,(H,22,25). The smallest absolute Gasteiger partial charge is 0.277 e. The molecule has 0 aliphatic carbocycles. The Hall–Kier alpha value is -3.01. The van der Waals surface area contributed by atoms with Gasteiger partial charge in [-0.3, -0.25) is 4.79 Å². The van der Waals surface area contributed by atoms with E-state index in [1.54, 1.807) is 31.4 Å². The predicted octanol–water partition coefficient (Wildman–Crippen LogP) is 4.28. The van der Waals surface area contributed by atoms with Gasteiger partial charge in [0.1, 0.15) is 5.75 Å². The molecule has 0 spiro atoms. The summed E-state index contributed by atoms with van der Waals surface area (Å²) in [7, 11) is 1.55. The van der Waals surface area contributed by atoms with Crippen LogP contribution in [0, 0.1) is 17.5 Å². The second kappa shape index (κ2) is 8.34. The van der Waals surface area contributed by atoms with E-state index in [1.807, 2.05) is 0 Å². The number of aromatic nitrogens is 2. The van der Waals surface area contributed by atoms with Gasteiger partial charge in [0.2, 0.25) is 11.8 Å². The zero-order valence-corrected chi connectivity index (χ0v) is 15.5. The molecular weight excluding hydrogens is 395 g/mol. The minimum atomic E-state index is -1.65. The van der Waals surface area contributed by atoms with E-state index in [1.165, 1.54) is 6.92 Å². The molecule has 3 aromatic rings. The summed E-state index contributed by atoms with van der Waals surface area (Å²) < 4.78 is 50.5. The summed E-state index contributed by atoms with van der Waals surface area (Å²) in [6.07, 6.45) is 0. The summed E-state index contributed by atoms with van der Waals surface area (Å²) >= 11 is 0.940. The van der Waals surface area contributed by atoms with Gasteiger partial charge in [-0.25, -0.2) is 13.2 Å². The van der Waals surface area contributed by atoms with Crippen LogP contribution in [0.4, 0.5) is 18.9 Å². The largest absolute Gasteiger partial charge is 0.497 e. The highest BCUT2D eigenvalue weighted by Gasteiger charge is 2.21. The lowest BCUT2D eigenvalue weighted by Crippen LogP contribution is -2.23. The fourth-order valence-corrected chi connectivity index (χ4v) is 2.85. The van der Waals surface area contributed by atoms with E-state index < -0.39 is 34.3 Å². The molecule has 0 aliphatic rings. The summed E-state index contributed by atoms with van der Waals surface area (Å²) in [6.45, 7) is 1.52. The molecule has 1 amide bonds. The molecule has 0 saturated heterocycles. The van der Waals surface area contributed by atoms with E-state index in [4.69, 9.17) is 9.15 Å². The number of hydrogen-bond donors (Lipinski definition) is 1. The van der Waals surface area contributed by atoms with Gasteiger partial charge in [-0.15, -0.1) is 10.2 Å². The topological polar surface area (TPSA) is 77.2 Å². The molecule has 0 radical (unpaired) electrons. The van der Waals surface area contributed by atoms with Crippen LogP contribution in [0.2, 0.25) is 0 Å². The second-order valence-corrected chi connectivity index (χ2v) is 6.87. The minimum absolute atomic E-state index is 0.124. The van der Waals surface area contributed by atoms with E-state index in [0.29, 0.717) is 11.3 Å². The summed E-state index contributed by atoms with van der Waals surface area (Å²) in [6, 6.07) is 8.62. The minimum Gasteiger partial charge on any atom is -0.497 e. The molecule has 0 aliphatic heterocycles. The van der Waals surface area contributed by atoms with Crippen molar-refractivity contribution in [3.63, 3.8) is 0 Å². The Balaban J connectivity index is 1.66. The van der Waals surface area contributed by atoms with Crippen molar-refractivity contribution in [3.8, 4) is 17.2 Å². The van der Waals surface area contributed by atoms with E-state index >= 15 is 0 Å². The van der Waals surface area contributed by atoms with Crippen molar-refractivity contribution in [2.24, 2.45) is 0 Å². The Labute approximate surface area is 162 Å². The van der Waals surface area contributed by atoms with E-state index in [-0.39, 0.29) is 11.1 Å². The number of methoxy groups -OCH3 is 1. The molecular formula is C18H14F3N3O3S. The zero-order valence-electron chi connectivity index (χ0n) is 14.7. The molecule has 1 N–H and O–H groups in total. The molecule has 1 aromatic heterocycles. The number of halogens is 3. The third kappa shape index (κ3) is 4.28. The fourth-order valence-electron chi connectivity index (χ4n) is 2.17. The summed E-state index contributed by atoms with van der Waals surface area (Å²) in [5, 5.41) is 9.33. The molecule has 1 atom stereocenters. The van der Waals surface area contributed by atoms with Crippen LogP contribution >= 0.6 is 11.8 Å².